The zero-order valence-electron chi connectivity index (χ0n) is 13.2. The molecule has 4 heteroatoms. The summed E-state index contributed by atoms with van der Waals surface area (Å²) in [6, 6.07) is 0. The van der Waals surface area contributed by atoms with Crippen LogP contribution >= 0.6 is 0 Å². The Balaban J connectivity index is 2.57. The van der Waals surface area contributed by atoms with Gasteiger partial charge in [-0.05, 0) is 40.0 Å². The van der Waals surface area contributed by atoms with Gasteiger partial charge in [-0.15, -0.1) is 0 Å². The van der Waals surface area contributed by atoms with Crippen molar-refractivity contribution in [3.8, 4) is 0 Å². The summed E-state index contributed by atoms with van der Waals surface area (Å²) in [4.78, 5) is 23.9. The number of hydrogen-bond donors (Lipinski definition) is 0. The third-order valence-electron chi connectivity index (χ3n) is 3.56. The quantitative estimate of drug-likeness (QED) is 0.672. The average Bonchev–Trinajstić information content (AvgIpc) is 2.78. The van der Waals surface area contributed by atoms with Crippen molar-refractivity contribution >= 4 is 11.9 Å². The Hall–Kier alpha value is -1.06. The van der Waals surface area contributed by atoms with Gasteiger partial charge in [-0.25, -0.2) is 0 Å². The van der Waals surface area contributed by atoms with Gasteiger partial charge in [0.2, 0.25) is 0 Å². The van der Waals surface area contributed by atoms with Crippen molar-refractivity contribution in [2.24, 2.45) is 11.8 Å². The fourth-order valence-corrected chi connectivity index (χ4v) is 2.75. The number of carbonyl (C=O) groups is 2. The zero-order valence-corrected chi connectivity index (χ0v) is 13.2. The molecule has 1 fully saturated rings. The summed E-state index contributed by atoms with van der Waals surface area (Å²) >= 11 is 0. The van der Waals surface area contributed by atoms with Crippen molar-refractivity contribution in [2.45, 2.75) is 78.4 Å². The molecular weight excluding hydrogens is 256 g/mol. The highest BCUT2D eigenvalue weighted by molar-refractivity contribution is 5.80. The van der Waals surface area contributed by atoms with Crippen molar-refractivity contribution in [3.63, 3.8) is 0 Å². The van der Waals surface area contributed by atoms with E-state index in [0.717, 1.165) is 19.3 Å². The van der Waals surface area contributed by atoms with E-state index >= 15 is 0 Å². The second-order valence-electron chi connectivity index (χ2n) is 6.31. The topological polar surface area (TPSA) is 52.6 Å². The van der Waals surface area contributed by atoms with Gasteiger partial charge in [0, 0.05) is 0 Å². The first-order valence-corrected chi connectivity index (χ1v) is 7.78. The lowest BCUT2D eigenvalue weighted by atomic mass is 9.91. The van der Waals surface area contributed by atoms with Gasteiger partial charge in [0.15, 0.2) is 0 Å². The molecule has 0 aromatic rings. The molecule has 0 spiro atoms. The Labute approximate surface area is 122 Å². The standard InChI is InChI=1S/C16H28O4/c1-11(2)19-15(17)10-14(16(18)20-12(3)4)9-13-7-5-6-8-13/h11-14H,5-10H2,1-4H3. The smallest absolute Gasteiger partial charge is 0.309 e. The largest absolute Gasteiger partial charge is 0.463 e. The molecule has 0 aliphatic heterocycles. The normalized spacial score (nSPS) is 17.5. The van der Waals surface area contributed by atoms with Gasteiger partial charge in [0.05, 0.1) is 24.5 Å². The molecule has 20 heavy (non-hydrogen) atoms. The second kappa shape index (κ2) is 8.28. The molecule has 0 amide bonds. The van der Waals surface area contributed by atoms with Crippen LogP contribution in [0, 0.1) is 11.8 Å². The maximum absolute atomic E-state index is 12.1. The monoisotopic (exact) mass is 284 g/mol. The van der Waals surface area contributed by atoms with Crippen molar-refractivity contribution < 1.29 is 19.1 Å². The molecule has 1 unspecified atom stereocenters. The second-order valence-corrected chi connectivity index (χ2v) is 6.31. The highest BCUT2D eigenvalue weighted by atomic mass is 16.5. The minimum absolute atomic E-state index is 0.139. The third-order valence-corrected chi connectivity index (χ3v) is 3.56. The molecule has 1 aliphatic carbocycles. The lowest BCUT2D eigenvalue weighted by Crippen LogP contribution is -2.27. The summed E-state index contributed by atoms with van der Waals surface area (Å²) in [5.74, 6) is -0.366. The first-order chi connectivity index (χ1) is 9.38. The molecular formula is C16H28O4. The first kappa shape index (κ1) is 17.0. The van der Waals surface area contributed by atoms with Gasteiger partial charge in [0.1, 0.15) is 0 Å². The minimum Gasteiger partial charge on any atom is -0.463 e. The molecule has 1 atom stereocenters. The van der Waals surface area contributed by atoms with Gasteiger partial charge in [-0.3, -0.25) is 9.59 Å². The maximum atomic E-state index is 12.1. The van der Waals surface area contributed by atoms with E-state index in [1.807, 2.05) is 27.7 Å². The van der Waals surface area contributed by atoms with Crippen LogP contribution in [0.25, 0.3) is 0 Å². The van der Waals surface area contributed by atoms with Gasteiger partial charge in [-0.1, -0.05) is 25.7 Å². The van der Waals surface area contributed by atoms with Gasteiger partial charge >= 0.3 is 11.9 Å². The van der Waals surface area contributed by atoms with Crippen LogP contribution in [-0.2, 0) is 19.1 Å². The lowest BCUT2D eigenvalue weighted by Gasteiger charge is -2.20. The van der Waals surface area contributed by atoms with Gasteiger partial charge < -0.3 is 9.47 Å². The Morgan fingerprint density at radius 1 is 1.00 bits per heavy atom. The summed E-state index contributed by atoms with van der Waals surface area (Å²) in [5.41, 5.74) is 0. The Kier molecular flexibility index (Phi) is 7.03. The number of carbonyl (C=O) groups excluding carboxylic acids is 2. The molecule has 0 radical (unpaired) electrons. The molecule has 1 rings (SSSR count). The number of hydrogen-bond acceptors (Lipinski definition) is 4. The van der Waals surface area contributed by atoms with Crippen LogP contribution in [0.2, 0.25) is 0 Å². The van der Waals surface area contributed by atoms with Crippen LogP contribution in [0.15, 0.2) is 0 Å². The zero-order chi connectivity index (χ0) is 15.1. The molecule has 0 bridgehead atoms. The Morgan fingerprint density at radius 3 is 2.05 bits per heavy atom. The first-order valence-electron chi connectivity index (χ1n) is 7.78. The van der Waals surface area contributed by atoms with E-state index in [1.54, 1.807) is 0 Å². The van der Waals surface area contributed by atoms with E-state index in [4.69, 9.17) is 9.47 Å². The maximum Gasteiger partial charge on any atom is 0.309 e. The van der Waals surface area contributed by atoms with E-state index in [1.165, 1.54) is 12.8 Å². The van der Waals surface area contributed by atoms with Crippen LogP contribution in [-0.4, -0.2) is 24.1 Å². The SMILES string of the molecule is CC(C)OC(=O)CC(CC1CCCC1)C(=O)OC(C)C. The number of esters is 2. The summed E-state index contributed by atoms with van der Waals surface area (Å²) in [6.45, 7) is 7.29. The molecule has 0 saturated heterocycles. The summed E-state index contributed by atoms with van der Waals surface area (Å²) in [6.07, 6.45) is 5.37. The predicted molar refractivity (Wildman–Crippen MR) is 77.1 cm³/mol. The van der Waals surface area contributed by atoms with Crippen molar-refractivity contribution in [3.05, 3.63) is 0 Å². The van der Waals surface area contributed by atoms with Crippen LogP contribution in [0.3, 0.4) is 0 Å². The van der Waals surface area contributed by atoms with Crippen molar-refractivity contribution in [2.75, 3.05) is 0 Å². The van der Waals surface area contributed by atoms with Crippen molar-refractivity contribution in [1.29, 1.82) is 0 Å². The predicted octanol–water partition coefficient (Wildman–Crippen LogP) is 3.48. The van der Waals surface area contributed by atoms with Gasteiger partial charge in [-0.2, -0.15) is 0 Å². The lowest BCUT2D eigenvalue weighted by molar-refractivity contribution is -0.160. The molecule has 116 valence electrons. The minimum atomic E-state index is -0.355. The van der Waals surface area contributed by atoms with Crippen LogP contribution < -0.4 is 0 Å². The Bertz CT molecular complexity index is 316. The molecule has 0 aromatic carbocycles. The molecule has 0 aromatic heterocycles. The summed E-state index contributed by atoms with van der Waals surface area (Å²) in [5, 5.41) is 0. The third kappa shape index (κ3) is 6.40. The van der Waals surface area contributed by atoms with E-state index < -0.39 is 0 Å². The van der Waals surface area contributed by atoms with E-state index in [9.17, 15) is 9.59 Å². The molecule has 0 N–H and O–H groups in total. The number of ether oxygens (including phenoxy) is 2. The van der Waals surface area contributed by atoms with Crippen LogP contribution in [0.5, 0.6) is 0 Å². The van der Waals surface area contributed by atoms with Gasteiger partial charge in [0.25, 0.3) is 0 Å². The molecule has 0 heterocycles. The highest BCUT2D eigenvalue weighted by Crippen LogP contribution is 2.32. The van der Waals surface area contributed by atoms with E-state index in [0.29, 0.717) is 5.92 Å². The van der Waals surface area contributed by atoms with E-state index in [2.05, 4.69) is 0 Å². The molecule has 1 aliphatic rings. The van der Waals surface area contributed by atoms with Crippen LogP contribution in [0.1, 0.15) is 66.2 Å². The van der Waals surface area contributed by atoms with Crippen LogP contribution in [0.4, 0.5) is 0 Å². The summed E-state index contributed by atoms with van der Waals surface area (Å²) in [7, 11) is 0. The summed E-state index contributed by atoms with van der Waals surface area (Å²) < 4.78 is 10.4. The fourth-order valence-electron chi connectivity index (χ4n) is 2.75. The average molecular weight is 284 g/mol. The van der Waals surface area contributed by atoms with E-state index in [-0.39, 0.29) is 36.5 Å². The fraction of sp³-hybridized carbons (Fsp3) is 0.875. The van der Waals surface area contributed by atoms with Crippen molar-refractivity contribution in [1.82, 2.24) is 0 Å². The highest BCUT2D eigenvalue weighted by Gasteiger charge is 2.29. The molecule has 1 saturated carbocycles. The number of rotatable bonds is 7. The molecule has 4 nitrogen and oxygen atoms in total. The Morgan fingerprint density at radius 2 is 1.55 bits per heavy atom.